The summed E-state index contributed by atoms with van der Waals surface area (Å²) in [6.07, 6.45) is 2.37. The molecule has 1 aromatic carbocycles. The quantitative estimate of drug-likeness (QED) is 0.569. The number of amides is 1. The molecular weight excluding hydrogens is 396 g/mol. The topological polar surface area (TPSA) is 79.8 Å². The minimum absolute atomic E-state index is 0.151. The van der Waals surface area contributed by atoms with Gasteiger partial charge in [-0.2, -0.15) is 4.68 Å². The Bertz CT molecular complexity index is 1050. The van der Waals surface area contributed by atoms with E-state index in [0.29, 0.717) is 39.3 Å². The van der Waals surface area contributed by atoms with E-state index in [-0.39, 0.29) is 11.5 Å². The third kappa shape index (κ3) is 4.20. The molecule has 2 heterocycles. The Morgan fingerprint density at radius 3 is 2.79 bits per heavy atom. The highest BCUT2D eigenvalue weighted by Crippen LogP contribution is 2.22. The Hall–Kier alpha value is -2.38. The van der Waals surface area contributed by atoms with Crippen molar-refractivity contribution in [3.63, 3.8) is 0 Å². The smallest absolute Gasteiger partial charge is 0.277 e. The second-order valence-electron chi connectivity index (χ2n) is 6.64. The van der Waals surface area contributed by atoms with Crippen LogP contribution in [-0.2, 0) is 6.42 Å². The molecule has 2 N–H and O–H groups in total. The number of carbonyl (C=O) groups is 1. The molecule has 0 fully saturated rings. The molecule has 0 spiro atoms. The molecule has 2 aromatic heterocycles. The van der Waals surface area contributed by atoms with Crippen LogP contribution in [0, 0.1) is 13.8 Å². The van der Waals surface area contributed by atoms with Gasteiger partial charge in [-0.1, -0.05) is 54.5 Å². The molecule has 0 unspecified atom stereocenters. The van der Waals surface area contributed by atoms with Gasteiger partial charge in [-0.3, -0.25) is 14.7 Å². The molecule has 0 bridgehead atoms. The highest BCUT2D eigenvalue weighted by molar-refractivity contribution is 7.16. The number of aryl methyl sites for hydroxylation is 2. The number of aromatic amines is 1. The van der Waals surface area contributed by atoms with Crippen LogP contribution in [0.1, 0.15) is 52.0 Å². The maximum absolute atomic E-state index is 13.0. The monoisotopic (exact) mass is 418 g/mol. The summed E-state index contributed by atoms with van der Waals surface area (Å²) in [6, 6.07) is 7.48. The van der Waals surface area contributed by atoms with Gasteiger partial charge in [0.05, 0.1) is 5.69 Å². The Kier molecular flexibility index (Phi) is 6.36. The molecule has 28 heavy (non-hydrogen) atoms. The van der Waals surface area contributed by atoms with Crippen molar-refractivity contribution in [1.82, 2.24) is 20.1 Å². The average molecular weight is 419 g/mol. The molecule has 0 aliphatic carbocycles. The number of unbranched alkanes of at least 4 members (excludes halogenated alkanes) is 1. The van der Waals surface area contributed by atoms with E-state index in [1.54, 1.807) is 6.92 Å². The SMILES string of the molecule is CCCCNC(=O)c1sc(-n2[nH]c(C)c(Cc3ccccc3Cl)c2=O)nc1C. The normalized spacial score (nSPS) is 11.0. The summed E-state index contributed by atoms with van der Waals surface area (Å²) in [5.41, 5.74) is 2.72. The Morgan fingerprint density at radius 1 is 1.32 bits per heavy atom. The van der Waals surface area contributed by atoms with Gasteiger partial charge in [-0.25, -0.2) is 4.98 Å². The van der Waals surface area contributed by atoms with E-state index in [9.17, 15) is 9.59 Å². The van der Waals surface area contributed by atoms with E-state index in [2.05, 4.69) is 22.3 Å². The predicted octanol–water partition coefficient (Wildman–Crippen LogP) is 4.01. The Labute approximate surface area is 172 Å². The third-order valence-electron chi connectivity index (χ3n) is 4.52. The molecule has 148 valence electrons. The van der Waals surface area contributed by atoms with Crippen molar-refractivity contribution in [2.24, 2.45) is 0 Å². The zero-order valence-corrected chi connectivity index (χ0v) is 17.7. The second kappa shape index (κ2) is 8.75. The van der Waals surface area contributed by atoms with Crippen LogP contribution in [-0.4, -0.2) is 27.2 Å². The van der Waals surface area contributed by atoms with Gasteiger partial charge in [-0.05, 0) is 31.9 Å². The molecule has 3 rings (SSSR count). The van der Waals surface area contributed by atoms with Crippen LogP contribution in [0.25, 0.3) is 5.13 Å². The number of aromatic nitrogens is 3. The number of nitrogens with one attached hydrogen (secondary N) is 2. The maximum atomic E-state index is 13.0. The zero-order valence-electron chi connectivity index (χ0n) is 16.1. The van der Waals surface area contributed by atoms with Crippen molar-refractivity contribution < 1.29 is 4.79 Å². The molecule has 0 saturated heterocycles. The van der Waals surface area contributed by atoms with Gasteiger partial charge in [0.2, 0.25) is 5.13 Å². The largest absolute Gasteiger partial charge is 0.351 e. The fraction of sp³-hybridized carbons (Fsp3) is 0.350. The number of thiazole rings is 1. The minimum Gasteiger partial charge on any atom is -0.351 e. The molecule has 0 aliphatic rings. The van der Waals surface area contributed by atoms with Gasteiger partial charge >= 0.3 is 0 Å². The summed E-state index contributed by atoms with van der Waals surface area (Å²) < 4.78 is 1.40. The number of benzene rings is 1. The van der Waals surface area contributed by atoms with Gasteiger partial charge in [0.25, 0.3) is 11.5 Å². The first-order valence-electron chi connectivity index (χ1n) is 9.22. The van der Waals surface area contributed by atoms with Crippen molar-refractivity contribution in [2.75, 3.05) is 6.54 Å². The fourth-order valence-corrected chi connectivity index (χ4v) is 4.05. The van der Waals surface area contributed by atoms with Gasteiger partial charge in [-0.15, -0.1) is 0 Å². The van der Waals surface area contributed by atoms with E-state index in [1.807, 2.05) is 31.2 Å². The Morgan fingerprint density at radius 2 is 2.07 bits per heavy atom. The van der Waals surface area contributed by atoms with Crippen LogP contribution in [0.3, 0.4) is 0 Å². The van der Waals surface area contributed by atoms with Crippen molar-refractivity contribution >= 4 is 28.8 Å². The van der Waals surface area contributed by atoms with Gasteiger partial charge < -0.3 is 5.32 Å². The lowest BCUT2D eigenvalue weighted by molar-refractivity contribution is 0.0956. The van der Waals surface area contributed by atoms with Crippen molar-refractivity contribution in [3.05, 3.63) is 67.0 Å². The number of nitrogens with zero attached hydrogens (tertiary/aromatic N) is 2. The lowest BCUT2D eigenvalue weighted by Crippen LogP contribution is -2.24. The minimum atomic E-state index is -0.177. The lowest BCUT2D eigenvalue weighted by Gasteiger charge is -2.01. The molecule has 3 aromatic rings. The number of H-pyrrole nitrogens is 1. The molecular formula is C20H23ClN4O2S. The van der Waals surface area contributed by atoms with Crippen LogP contribution in [0.15, 0.2) is 29.1 Å². The highest BCUT2D eigenvalue weighted by Gasteiger charge is 2.20. The molecule has 0 atom stereocenters. The standard InChI is InChI=1S/C20H23ClN4O2S/c1-4-5-10-22-18(26)17-13(3)23-20(28-17)25-19(27)15(12(2)24-25)11-14-8-6-7-9-16(14)21/h6-9,24H,4-5,10-11H2,1-3H3,(H,22,26). The maximum Gasteiger partial charge on any atom is 0.277 e. The first-order valence-corrected chi connectivity index (χ1v) is 10.4. The van der Waals surface area contributed by atoms with Crippen molar-refractivity contribution in [3.8, 4) is 5.13 Å². The molecule has 8 heteroatoms. The molecule has 1 amide bonds. The molecule has 0 saturated carbocycles. The summed E-state index contributed by atoms with van der Waals surface area (Å²) in [7, 11) is 0. The predicted molar refractivity (Wildman–Crippen MR) is 113 cm³/mol. The molecule has 0 aliphatic heterocycles. The van der Waals surface area contributed by atoms with E-state index in [1.165, 1.54) is 16.0 Å². The summed E-state index contributed by atoms with van der Waals surface area (Å²) in [4.78, 5) is 30.3. The van der Waals surface area contributed by atoms with Crippen LogP contribution >= 0.6 is 22.9 Å². The second-order valence-corrected chi connectivity index (χ2v) is 8.03. The molecule has 0 radical (unpaired) electrons. The van der Waals surface area contributed by atoms with Gasteiger partial charge in [0.15, 0.2) is 0 Å². The lowest BCUT2D eigenvalue weighted by atomic mass is 10.1. The Balaban J connectivity index is 1.89. The zero-order chi connectivity index (χ0) is 20.3. The summed E-state index contributed by atoms with van der Waals surface area (Å²) >= 11 is 7.45. The van der Waals surface area contributed by atoms with Crippen molar-refractivity contribution in [1.29, 1.82) is 0 Å². The number of hydrogen-bond donors (Lipinski definition) is 2. The van der Waals surface area contributed by atoms with Crippen LogP contribution in [0.4, 0.5) is 0 Å². The number of halogens is 1. The summed E-state index contributed by atoms with van der Waals surface area (Å²) in [5.74, 6) is -0.151. The first-order chi connectivity index (χ1) is 13.4. The van der Waals surface area contributed by atoms with Gasteiger partial charge in [0, 0.05) is 29.2 Å². The fourth-order valence-electron chi connectivity index (χ4n) is 2.90. The highest BCUT2D eigenvalue weighted by atomic mass is 35.5. The van der Waals surface area contributed by atoms with Crippen LogP contribution < -0.4 is 10.9 Å². The molecule has 6 nitrogen and oxygen atoms in total. The summed E-state index contributed by atoms with van der Waals surface area (Å²) in [5, 5.41) is 7.06. The van der Waals surface area contributed by atoms with Crippen LogP contribution in [0.2, 0.25) is 5.02 Å². The number of rotatable bonds is 7. The van der Waals surface area contributed by atoms with Crippen LogP contribution in [0.5, 0.6) is 0 Å². The van der Waals surface area contributed by atoms with E-state index in [4.69, 9.17) is 11.6 Å². The third-order valence-corrected chi connectivity index (χ3v) is 6.03. The van der Waals surface area contributed by atoms with E-state index in [0.717, 1.165) is 24.1 Å². The van der Waals surface area contributed by atoms with Gasteiger partial charge in [0.1, 0.15) is 4.88 Å². The first kappa shape index (κ1) is 20.4. The van der Waals surface area contributed by atoms with Crippen molar-refractivity contribution in [2.45, 2.75) is 40.0 Å². The van der Waals surface area contributed by atoms with E-state index >= 15 is 0 Å². The number of hydrogen-bond acceptors (Lipinski definition) is 4. The average Bonchev–Trinajstić information content (AvgIpc) is 3.18. The van der Waals surface area contributed by atoms with E-state index < -0.39 is 0 Å². The number of carbonyl (C=O) groups excluding carboxylic acids is 1. The summed E-state index contributed by atoms with van der Waals surface area (Å²) in [6.45, 7) is 6.33.